The second-order valence-corrected chi connectivity index (χ2v) is 7.13. The first-order valence-corrected chi connectivity index (χ1v) is 9.63. The Kier molecular flexibility index (Phi) is 5.53. The number of nitrogens with zero attached hydrogens (tertiary/aromatic N) is 5. The summed E-state index contributed by atoms with van der Waals surface area (Å²) in [6.07, 6.45) is 8.28. The van der Waals surface area contributed by atoms with Crippen LogP contribution in [0.25, 0.3) is 5.69 Å². The lowest BCUT2D eigenvalue weighted by atomic mass is 9.91. The Morgan fingerprint density at radius 3 is 2.70 bits per heavy atom. The van der Waals surface area contributed by atoms with Crippen molar-refractivity contribution in [1.82, 2.24) is 25.0 Å². The molecule has 2 heterocycles. The number of hydrogen-bond donors (Lipinski definition) is 4. The first-order valence-electron chi connectivity index (χ1n) is 9.63. The van der Waals surface area contributed by atoms with Gasteiger partial charge >= 0.3 is 0 Å². The molecule has 6 N–H and O–H groups in total. The van der Waals surface area contributed by atoms with Gasteiger partial charge in [-0.15, -0.1) is 4.80 Å². The Hall–Kier alpha value is -3.60. The van der Waals surface area contributed by atoms with Gasteiger partial charge in [-0.2, -0.15) is 15.2 Å². The SMILES string of the molecule is NC(=O)c1cnc(N[C@@H]2CCCC[C@@H]2N)nc1Nc1ccc(F)c(-n2nccn2)c1. The van der Waals surface area contributed by atoms with Crippen molar-refractivity contribution in [3.63, 3.8) is 0 Å². The second-order valence-electron chi connectivity index (χ2n) is 7.13. The molecule has 156 valence electrons. The van der Waals surface area contributed by atoms with Crippen LogP contribution in [0, 0.1) is 5.82 Å². The zero-order chi connectivity index (χ0) is 21.1. The number of primary amides is 1. The van der Waals surface area contributed by atoms with Crippen molar-refractivity contribution in [3.8, 4) is 5.69 Å². The molecule has 10 nitrogen and oxygen atoms in total. The Bertz CT molecular complexity index is 1040. The van der Waals surface area contributed by atoms with Crippen molar-refractivity contribution >= 4 is 23.4 Å². The smallest absolute Gasteiger partial charge is 0.254 e. The van der Waals surface area contributed by atoms with Gasteiger partial charge in [0.25, 0.3) is 5.91 Å². The van der Waals surface area contributed by atoms with E-state index in [0.29, 0.717) is 11.6 Å². The Morgan fingerprint density at radius 2 is 1.97 bits per heavy atom. The number of benzene rings is 1. The van der Waals surface area contributed by atoms with Crippen LogP contribution < -0.4 is 22.1 Å². The van der Waals surface area contributed by atoms with Crippen molar-refractivity contribution in [3.05, 3.63) is 48.2 Å². The molecule has 1 aromatic carbocycles. The van der Waals surface area contributed by atoms with E-state index in [0.717, 1.165) is 30.5 Å². The first-order chi connectivity index (χ1) is 14.5. The molecule has 0 radical (unpaired) electrons. The van der Waals surface area contributed by atoms with Crippen LogP contribution in [0.15, 0.2) is 36.8 Å². The Balaban J connectivity index is 1.62. The number of carbonyl (C=O) groups excluding carboxylic acids is 1. The fraction of sp³-hybridized carbons (Fsp3) is 0.316. The monoisotopic (exact) mass is 411 g/mol. The lowest BCUT2D eigenvalue weighted by molar-refractivity contribution is 0.100. The van der Waals surface area contributed by atoms with E-state index < -0.39 is 11.7 Å². The molecule has 1 aliphatic rings. The van der Waals surface area contributed by atoms with Gasteiger partial charge in [-0.05, 0) is 31.0 Å². The van der Waals surface area contributed by atoms with E-state index in [4.69, 9.17) is 11.5 Å². The molecule has 0 unspecified atom stereocenters. The molecule has 0 aliphatic heterocycles. The van der Waals surface area contributed by atoms with Crippen LogP contribution in [-0.2, 0) is 0 Å². The summed E-state index contributed by atoms with van der Waals surface area (Å²) >= 11 is 0. The van der Waals surface area contributed by atoms with Crippen LogP contribution in [0.2, 0.25) is 0 Å². The molecule has 0 saturated heterocycles. The van der Waals surface area contributed by atoms with E-state index in [1.807, 2.05) is 0 Å². The third kappa shape index (κ3) is 4.20. The normalized spacial score (nSPS) is 18.7. The summed E-state index contributed by atoms with van der Waals surface area (Å²) in [5.41, 5.74) is 12.4. The third-order valence-electron chi connectivity index (χ3n) is 5.03. The number of amides is 1. The Labute approximate surface area is 171 Å². The van der Waals surface area contributed by atoms with E-state index >= 15 is 0 Å². The molecular formula is C19H22FN9O. The first kappa shape index (κ1) is 19.7. The van der Waals surface area contributed by atoms with Gasteiger partial charge in [-0.25, -0.2) is 9.37 Å². The fourth-order valence-electron chi connectivity index (χ4n) is 3.45. The number of aromatic nitrogens is 5. The number of nitrogens with one attached hydrogen (secondary N) is 2. The predicted octanol–water partition coefficient (Wildman–Crippen LogP) is 1.72. The maximum atomic E-state index is 14.2. The van der Waals surface area contributed by atoms with Crippen LogP contribution in [0.3, 0.4) is 0 Å². The van der Waals surface area contributed by atoms with Gasteiger partial charge in [-0.3, -0.25) is 4.79 Å². The summed E-state index contributed by atoms with van der Waals surface area (Å²) in [6.45, 7) is 0. The third-order valence-corrected chi connectivity index (χ3v) is 5.03. The topological polar surface area (TPSA) is 150 Å². The molecule has 1 saturated carbocycles. The van der Waals surface area contributed by atoms with Crippen molar-refractivity contribution in [2.45, 2.75) is 37.8 Å². The molecule has 3 aromatic rings. The molecule has 0 spiro atoms. The van der Waals surface area contributed by atoms with Crippen LogP contribution >= 0.6 is 0 Å². The van der Waals surface area contributed by atoms with E-state index in [9.17, 15) is 9.18 Å². The molecule has 1 fully saturated rings. The number of nitrogens with two attached hydrogens (primary N) is 2. The van der Waals surface area contributed by atoms with E-state index in [2.05, 4.69) is 30.8 Å². The van der Waals surface area contributed by atoms with E-state index in [1.165, 1.54) is 36.8 Å². The highest BCUT2D eigenvalue weighted by molar-refractivity contribution is 5.98. The molecule has 1 aliphatic carbocycles. The molecule has 4 rings (SSSR count). The minimum atomic E-state index is -0.686. The zero-order valence-electron chi connectivity index (χ0n) is 16.1. The highest BCUT2D eigenvalue weighted by atomic mass is 19.1. The maximum Gasteiger partial charge on any atom is 0.254 e. The van der Waals surface area contributed by atoms with Gasteiger partial charge in [0.15, 0.2) is 5.82 Å². The van der Waals surface area contributed by atoms with Crippen molar-refractivity contribution in [2.24, 2.45) is 11.5 Å². The van der Waals surface area contributed by atoms with Crippen molar-refractivity contribution in [1.29, 1.82) is 0 Å². The number of halogens is 1. The summed E-state index contributed by atoms with van der Waals surface area (Å²) in [5, 5.41) is 14.1. The lowest BCUT2D eigenvalue weighted by Crippen LogP contribution is -2.43. The van der Waals surface area contributed by atoms with Crippen LogP contribution in [0.4, 0.5) is 21.8 Å². The minimum absolute atomic E-state index is 0.0100. The summed E-state index contributed by atoms with van der Waals surface area (Å²) in [4.78, 5) is 21.6. The quantitative estimate of drug-likeness (QED) is 0.479. The van der Waals surface area contributed by atoms with Crippen LogP contribution in [0.1, 0.15) is 36.0 Å². The number of carbonyl (C=O) groups is 1. The van der Waals surface area contributed by atoms with Crippen molar-refractivity contribution < 1.29 is 9.18 Å². The van der Waals surface area contributed by atoms with Crippen LogP contribution in [-0.4, -0.2) is 43.0 Å². The fourth-order valence-corrected chi connectivity index (χ4v) is 3.45. The largest absolute Gasteiger partial charge is 0.365 e. The molecule has 0 bridgehead atoms. The van der Waals surface area contributed by atoms with Gasteiger partial charge in [0, 0.05) is 24.0 Å². The summed E-state index contributed by atoms with van der Waals surface area (Å²) in [6, 6.07) is 4.35. The van der Waals surface area contributed by atoms with E-state index in [1.54, 1.807) is 0 Å². The van der Waals surface area contributed by atoms with Gasteiger partial charge in [0.1, 0.15) is 17.1 Å². The van der Waals surface area contributed by atoms with Crippen LogP contribution in [0.5, 0.6) is 0 Å². The van der Waals surface area contributed by atoms with Gasteiger partial charge in [-0.1, -0.05) is 12.8 Å². The molecule has 1 amide bonds. The second kappa shape index (κ2) is 8.41. The highest BCUT2D eigenvalue weighted by Gasteiger charge is 2.23. The summed E-state index contributed by atoms with van der Waals surface area (Å²) < 4.78 is 14.2. The Morgan fingerprint density at radius 1 is 1.20 bits per heavy atom. The predicted molar refractivity (Wildman–Crippen MR) is 109 cm³/mol. The van der Waals surface area contributed by atoms with Gasteiger partial charge < -0.3 is 22.1 Å². The lowest BCUT2D eigenvalue weighted by Gasteiger charge is -2.29. The number of hydrogen-bond acceptors (Lipinski definition) is 8. The van der Waals surface area contributed by atoms with Crippen molar-refractivity contribution in [2.75, 3.05) is 10.6 Å². The number of anilines is 3. The standard InChI is InChI=1S/C19H22FN9O/c20-13-6-5-11(9-16(13)29-24-7-8-25-29)26-18-12(17(22)30)10-23-19(28-18)27-15-4-2-1-3-14(15)21/h5-10,14-15H,1-4,21H2,(H2,22,30)(H2,23,26,27,28)/t14-,15+/m0/s1. The minimum Gasteiger partial charge on any atom is -0.365 e. The van der Waals surface area contributed by atoms with E-state index in [-0.39, 0.29) is 29.2 Å². The average molecular weight is 411 g/mol. The average Bonchev–Trinajstić information content (AvgIpc) is 3.26. The molecular weight excluding hydrogens is 389 g/mol. The summed E-state index contributed by atoms with van der Waals surface area (Å²) in [5.74, 6) is -0.644. The maximum absolute atomic E-state index is 14.2. The van der Waals surface area contributed by atoms with Gasteiger partial charge in [0.05, 0.1) is 12.4 Å². The zero-order valence-corrected chi connectivity index (χ0v) is 16.1. The molecule has 11 heteroatoms. The molecule has 2 atom stereocenters. The summed E-state index contributed by atoms with van der Waals surface area (Å²) in [7, 11) is 0. The molecule has 30 heavy (non-hydrogen) atoms. The van der Waals surface area contributed by atoms with Gasteiger partial charge in [0.2, 0.25) is 5.95 Å². The highest BCUT2D eigenvalue weighted by Crippen LogP contribution is 2.25. The molecule has 2 aromatic heterocycles. The number of rotatable bonds is 6.